The average Bonchev–Trinajstić information content (AvgIpc) is 2.45. The number of rotatable bonds is 3. The predicted molar refractivity (Wildman–Crippen MR) is 72.2 cm³/mol. The van der Waals surface area contributed by atoms with Crippen molar-refractivity contribution in [2.45, 2.75) is 19.1 Å². The van der Waals surface area contributed by atoms with Crippen molar-refractivity contribution in [2.75, 3.05) is 19.7 Å². The Morgan fingerprint density at radius 3 is 3.16 bits per heavy atom. The quantitative estimate of drug-likeness (QED) is 0.902. The molecule has 2 atom stereocenters. The van der Waals surface area contributed by atoms with Crippen LogP contribution in [0, 0.1) is 0 Å². The Balaban J connectivity index is 1.71. The second kappa shape index (κ2) is 5.50. The molecule has 0 radical (unpaired) electrons. The van der Waals surface area contributed by atoms with Gasteiger partial charge in [-0.05, 0) is 13.0 Å². The molecule has 0 aliphatic carbocycles. The van der Waals surface area contributed by atoms with Crippen LogP contribution in [0.5, 0.6) is 5.88 Å². The lowest BCUT2D eigenvalue weighted by Crippen LogP contribution is -2.45. The topological polar surface area (TPSA) is 56.3 Å². The van der Waals surface area contributed by atoms with Gasteiger partial charge in [0.25, 0.3) is 0 Å². The normalized spacial score (nSPS) is 23.4. The van der Waals surface area contributed by atoms with E-state index in [1.165, 1.54) is 0 Å². The number of ether oxygens (including phenoxy) is 2. The Morgan fingerprint density at radius 1 is 1.37 bits per heavy atom. The molecule has 1 saturated heterocycles. The molecular weight excluding hydrogens is 242 g/mol. The molecule has 0 bridgehead atoms. The van der Waals surface area contributed by atoms with E-state index in [0.29, 0.717) is 12.5 Å². The summed E-state index contributed by atoms with van der Waals surface area (Å²) in [5.41, 5.74) is 0. The fourth-order valence-electron chi connectivity index (χ4n) is 2.25. The van der Waals surface area contributed by atoms with Gasteiger partial charge in [0.2, 0.25) is 5.88 Å². The molecule has 2 aromatic rings. The maximum Gasteiger partial charge on any atom is 0.241 e. The van der Waals surface area contributed by atoms with Crippen LogP contribution in [0.15, 0.2) is 30.5 Å². The molecule has 1 N–H and O–H groups in total. The van der Waals surface area contributed by atoms with Gasteiger partial charge in [-0.1, -0.05) is 18.2 Å². The Morgan fingerprint density at radius 2 is 2.26 bits per heavy atom. The van der Waals surface area contributed by atoms with Gasteiger partial charge < -0.3 is 14.8 Å². The fraction of sp³-hybridized carbons (Fsp3) is 0.429. The van der Waals surface area contributed by atoms with Crippen molar-refractivity contribution in [3.8, 4) is 5.88 Å². The summed E-state index contributed by atoms with van der Waals surface area (Å²) in [4.78, 5) is 0. The molecule has 1 aliphatic heterocycles. The van der Waals surface area contributed by atoms with Crippen LogP contribution in [0.25, 0.3) is 10.8 Å². The molecule has 1 aromatic carbocycles. The number of fused-ring (bicyclic) bond motifs is 1. The van der Waals surface area contributed by atoms with Gasteiger partial charge in [-0.25, -0.2) is 0 Å². The van der Waals surface area contributed by atoms with Gasteiger partial charge in [0, 0.05) is 23.9 Å². The SMILES string of the molecule is CC1CNCC(COc2nncc3ccccc23)O1. The zero-order chi connectivity index (χ0) is 13.1. The summed E-state index contributed by atoms with van der Waals surface area (Å²) in [6.45, 7) is 4.24. The summed E-state index contributed by atoms with van der Waals surface area (Å²) in [6, 6.07) is 7.93. The van der Waals surface area contributed by atoms with Crippen LogP contribution in [-0.4, -0.2) is 42.1 Å². The van der Waals surface area contributed by atoms with E-state index in [9.17, 15) is 0 Å². The maximum atomic E-state index is 5.78. The summed E-state index contributed by atoms with van der Waals surface area (Å²) in [6.07, 6.45) is 2.02. The van der Waals surface area contributed by atoms with Crippen molar-refractivity contribution >= 4 is 10.8 Å². The van der Waals surface area contributed by atoms with E-state index in [1.54, 1.807) is 6.20 Å². The van der Waals surface area contributed by atoms with Crippen molar-refractivity contribution < 1.29 is 9.47 Å². The Labute approximate surface area is 111 Å². The van der Waals surface area contributed by atoms with Gasteiger partial charge in [-0.2, -0.15) is 5.10 Å². The monoisotopic (exact) mass is 259 g/mol. The number of aromatic nitrogens is 2. The molecule has 2 heterocycles. The van der Waals surface area contributed by atoms with Crippen LogP contribution in [0.2, 0.25) is 0 Å². The minimum absolute atomic E-state index is 0.0597. The van der Waals surface area contributed by atoms with E-state index < -0.39 is 0 Å². The highest BCUT2D eigenvalue weighted by Gasteiger charge is 2.19. The van der Waals surface area contributed by atoms with Crippen LogP contribution in [0.1, 0.15) is 6.92 Å². The van der Waals surface area contributed by atoms with Crippen LogP contribution in [0.3, 0.4) is 0 Å². The number of nitrogens with one attached hydrogen (secondary N) is 1. The molecule has 1 aromatic heterocycles. The van der Waals surface area contributed by atoms with Crippen LogP contribution in [0.4, 0.5) is 0 Å². The third-order valence-corrected chi connectivity index (χ3v) is 3.17. The first-order valence-electron chi connectivity index (χ1n) is 6.52. The molecule has 5 nitrogen and oxygen atoms in total. The van der Waals surface area contributed by atoms with Crippen molar-refractivity contribution in [1.82, 2.24) is 15.5 Å². The summed E-state index contributed by atoms with van der Waals surface area (Å²) >= 11 is 0. The Bertz CT molecular complexity index is 556. The Hall–Kier alpha value is -1.72. The molecule has 1 aliphatic rings. The molecule has 0 spiro atoms. The van der Waals surface area contributed by atoms with E-state index in [2.05, 4.69) is 22.4 Å². The summed E-state index contributed by atoms with van der Waals surface area (Å²) in [5.74, 6) is 0.569. The molecule has 19 heavy (non-hydrogen) atoms. The molecule has 5 heteroatoms. The number of morpholine rings is 1. The molecule has 100 valence electrons. The first kappa shape index (κ1) is 12.3. The lowest BCUT2D eigenvalue weighted by atomic mass is 10.2. The van der Waals surface area contributed by atoms with E-state index >= 15 is 0 Å². The zero-order valence-corrected chi connectivity index (χ0v) is 10.9. The minimum atomic E-state index is 0.0597. The fourth-order valence-corrected chi connectivity index (χ4v) is 2.25. The van der Waals surface area contributed by atoms with Crippen molar-refractivity contribution in [3.63, 3.8) is 0 Å². The van der Waals surface area contributed by atoms with E-state index in [-0.39, 0.29) is 12.2 Å². The second-order valence-corrected chi connectivity index (χ2v) is 4.77. The third-order valence-electron chi connectivity index (χ3n) is 3.17. The van der Waals surface area contributed by atoms with Gasteiger partial charge in [0.05, 0.1) is 12.3 Å². The molecular formula is C14H17N3O2. The highest BCUT2D eigenvalue weighted by Crippen LogP contribution is 2.21. The lowest BCUT2D eigenvalue weighted by Gasteiger charge is -2.28. The van der Waals surface area contributed by atoms with Crippen LogP contribution < -0.4 is 10.1 Å². The maximum absolute atomic E-state index is 5.78. The van der Waals surface area contributed by atoms with Gasteiger partial charge in [0.15, 0.2) is 0 Å². The summed E-state index contributed by atoms with van der Waals surface area (Å²) in [7, 11) is 0. The van der Waals surface area contributed by atoms with Crippen molar-refractivity contribution in [2.24, 2.45) is 0 Å². The lowest BCUT2D eigenvalue weighted by molar-refractivity contribution is -0.0475. The van der Waals surface area contributed by atoms with Crippen LogP contribution >= 0.6 is 0 Å². The summed E-state index contributed by atoms with van der Waals surface area (Å²) in [5, 5.41) is 13.4. The molecule has 3 rings (SSSR count). The smallest absolute Gasteiger partial charge is 0.241 e. The first-order valence-corrected chi connectivity index (χ1v) is 6.52. The van der Waals surface area contributed by atoms with E-state index in [1.807, 2.05) is 24.3 Å². The van der Waals surface area contributed by atoms with Crippen molar-refractivity contribution in [1.29, 1.82) is 0 Å². The van der Waals surface area contributed by atoms with E-state index in [0.717, 1.165) is 23.9 Å². The minimum Gasteiger partial charge on any atom is -0.473 e. The molecule has 0 amide bonds. The highest BCUT2D eigenvalue weighted by molar-refractivity contribution is 5.85. The third kappa shape index (κ3) is 2.83. The average molecular weight is 259 g/mol. The predicted octanol–water partition coefficient (Wildman–Crippen LogP) is 1.39. The largest absolute Gasteiger partial charge is 0.473 e. The molecule has 1 fully saturated rings. The van der Waals surface area contributed by atoms with E-state index in [4.69, 9.17) is 9.47 Å². The highest BCUT2D eigenvalue weighted by atomic mass is 16.5. The van der Waals surface area contributed by atoms with Gasteiger partial charge in [-0.15, -0.1) is 5.10 Å². The first-order chi connectivity index (χ1) is 9.33. The van der Waals surface area contributed by atoms with Gasteiger partial charge in [0.1, 0.15) is 12.7 Å². The van der Waals surface area contributed by atoms with Gasteiger partial charge in [-0.3, -0.25) is 0 Å². The number of benzene rings is 1. The molecule has 2 unspecified atom stereocenters. The second-order valence-electron chi connectivity index (χ2n) is 4.77. The number of hydrogen-bond acceptors (Lipinski definition) is 5. The van der Waals surface area contributed by atoms with Gasteiger partial charge >= 0.3 is 0 Å². The zero-order valence-electron chi connectivity index (χ0n) is 10.9. The number of nitrogens with zero attached hydrogens (tertiary/aromatic N) is 2. The number of hydrogen-bond donors (Lipinski definition) is 1. The van der Waals surface area contributed by atoms with Crippen LogP contribution in [-0.2, 0) is 4.74 Å². The standard InChI is InChI=1S/C14H17N3O2/c1-10-6-15-8-12(19-10)9-18-14-13-5-3-2-4-11(13)7-16-17-14/h2-5,7,10,12,15H,6,8-9H2,1H3. The Kier molecular flexibility index (Phi) is 3.57. The molecule has 0 saturated carbocycles. The summed E-state index contributed by atoms with van der Waals surface area (Å²) < 4.78 is 11.6. The van der Waals surface area contributed by atoms with Crippen molar-refractivity contribution in [3.05, 3.63) is 30.5 Å².